The van der Waals surface area contributed by atoms with Crippen LogP contribution in [0.5, 0.6) is 0 Å². The van der Waals surface area contributed by atoms with Crippen molar-refractivity contribution in [3.05, 3.63) is 47.1 Å². The number of nitrogens with zero attached hydrogens (tertiary/aromatic N) is 3. The summed E-state index contributed by atoms with van der Waals surface area (Å²) in [5, 5.41) is 3.97. The predicted molar refractivity (Wildman–Crippen MR) is 106 cm³/mol. The monoisotopic (exact) mass is 385 g/mol. The first-order chi connectivity index (χ1) is 13.3. The standard InChI is InChI=1S/C22H28FN3O2/c1-14-18(15(2)28-24-14)12-21(27)25-10-6-9-19-20(25)13-22(3,4)26(19)17-8-5-7-16(23)11-17/h5,7-8,11,19-20H,6,9-10,12-13H2,1-4H3/t19-,20-/m0/s1. The number of fused-ring (bicyclic) bond motifs is 1. The Morgan fingerprint density at radius 1 is 1.32 bits per heavy atom. The van der Waals surface area contributed by atoms with Crippen LogP contribution in [0.3, 0.4) is 0 Å². The van der Waals surface area contributed by atoms with Gasteiger partial charge >= 0.3 is 0 Å². The molecule has 0 spiro atoms. The highest BCUT2D eigenvalue weighted by atomic mass is 19.1. The number of anilines is 1. The first kappa shape index (κ1) is 19.0. The van der Waals surface area contributed by atoms with Crippen LogP contribution >= 0.6 is 0 Å². The van der Waals surface area contributed by atoms with Gasteiger partial charge in [-0.3, -0.25) is 4.79 Å². The van der Waals surface area contributed by atoms with E-state index in [1.54, 1.807) is 12.1 Å². The molecule has 0 unspecified atom stereocenters. The Labute approximate surface area is 165 Å². The molecule has 2 atom stereocenters. The van der Waals surface area contributed by atoms with Gasteiger partial charge in [0.1, 0.15) is 11.6 Å². The third-order valence-corrected chi connectivity index (χ3v) is 6.35. The molecule has 2 aromatic rings. The minimum atomic E-state index is -0.223. The average molecular weight is 385 g/mol. The van der Waals surface area contributed by atoms with Gasteiger partial charge in [-0.25, -0.2) is 4.39 Å². The van der Waals surface area contributed by atoms with Gasteiger partial charge < -0.3 is 14.3 Å². The molecule has 2 aliphatic rings. The van der Waals surface area contributed by atoms with Gasteiger partial charge in [0.25, 0.3) is 0 Å². The van der Waals surface area contributed by atoms with Crippen molar-refractivity contribution in [2.75, 3.05) is 11.4 Å². The van der Waals surface area contributed by atoms with E-state index in [0.717, 1.165) is 42.8 Å². The van der Waals surface area contributed by atoms with Gasteiger partial charge in [-0.2, -0.15) is 0 Å². The van der Waals surface area contributed by atoms with Crippen LogP contribution in [0.2, 0.25) is 0 Å². The van der Waals surface area contributed by atoms with Crippen molar-refractivity contribution in [3.8, 4) is 0 Å². The second kappa shape index (κ2) is 6.90. The van der Waals surface area contributed by atoms with Crippen LogP contribution in [0, 0.1) is 19.7 Å². The molecule has 0 N–H and O–H groups in total. The van der Waals surface area contributed by atoms with Crippen LogP contribution in [0.4, 0.5) is 10.1 Å². The Balaban J connectivity index is 1.61. The lowest BCUT2D eigenvalue weighted by Crippen LogP contribution is -2.53. The summed E-state index contributed by atoms with van der Waals surface area (Å²) in [4.78, 5) is 17.6. The molecule has 5 nitrogen and oxygen atoms in total. The fourth-order valence-corrected chi connectivity index (χ4v) is 5.13. The van der Waals surface area contributed by atoms with Crippen molar-refractivity contribution in [2.45, 2.75) is 71.0 Å². The van der Waals surface area contributed by atoms with Gasteiger partial charge in [-0.1, -0.05) is 11.2 Å². The minimum Gasteiger partial charge on any atom is -0.361 e. The topological polar surface area (TPSA) is 49.6 Å². The molecular weight excluding hydrogens is 357 g/mol. The molecule has 2 aliphatic heterocycles. The number of rotatable bonds is 3. The summed E-state index contributed by atoms with van der Waals surface area (Å²) in [6, 6.07) is 7.16. The lowest BCUT2D eigenvalue weighted by molar-refractivity contribution is -0.134. The third-order valence-electron chi connectivity index (χ3n) is 6.35. The summed E-state index contributed by atoms with van der Waals surface area (Å²) in [6.45, 7) is 8.88. The maximum Gasteiger partial charge on any atom is 0.227 e. The minimum absolute atomic E-state index is 0.126. The smallest absolute Gasteiger partial charge is 0.227 e. The Kier molecular flexibility index (Phi) is 4.68. The number of halogens is 1. The third kappa shape index (κ3) is 3.19. The Bertz CT molecular complexity index is 872. The van der Waals surface area contributed by atoms with Crippen molar-refractivity contribution in [1.29, 1.82) is 0 Å². The molecule has 1 amide bonds. The molecule has 0 radical (unpaired) electrons. The molecule has 3 heterocycles. The molecule has 150 valence electrons. The van der Waals surface area contributed by atoms with E-state index in [0.29, 0.717) is 12.2 Å². The van der Waals surface area contributed by atoms with Gasteiger partial charge in [-0.15, -0.1) is 0 Å². The average Bonchev–Trinajstić information content (AvgIpc) is 3.10. The second-order valence-electron chi connectivity index (χ2n) is 8.71. The number of carbonyl (C=O) groups excluding carboxylic acids is 1. The van der Waals surface area contributed by atoms with Crippen LogP contribution < -0.4 is 4.90 Å². The normalized spacial score (nSPS) is 23.8. The summed E-state index contributed by atoms with van der Waals surface area (Å²) >= 11 is 0. The molecule has 0 aliphatic carbocycles. The van der Waals surface area contributed by atoms with E-state index in [1.165, 1.54) is 6.07 Å². The quantitative estimate of drug-likeness (QED) is 0.801. The predicted octanol–water partition coefficient (Wildman–Crippen LogP) is 4.02. The van der Waals surface area contributed by atoms with E-state index < -0.39 is 0 Å². The highest BCUT2D eigenvalue weighted by Crippen LogP contribution is 2.44. The van der Waals surface area contributed by atoms with Crippen molar-refractivity contribution < 1.29 is 13.7 Å². The van der Waals surface area contributed by atoms with Crippen LogP contribution in [0.15, 0.2) is 28.8 Å². The fourth-order valence-electron chi connectivity index (χ4n) is 5.13. The Hall–Kier alpha value is -2.37. The number of likely N-dealkylation sites (tertiary alicyclic amines) is 1. The molecule has 0 saturated carbocycles. The highest BCUT2D eigenvalue weighted by molar-refractivity contribution is 5.80. The van der Waals surface area contributed by atoms with Crippen molar-refractivity contribution in [1.82, 2.24) is 10.1 Å². The summed E-state index contributed by atoms with van der Waals surface area (Å²) in [6.07, 6.45) is 3.17. The Morgan fingerprint density at radius 2 is 2.11 bits per heavy atom. The number of hydrogen-bond acceptors (Lipinski definition) is 4. The van der Waals surface area contributed by atoms with Gasteiger partial charge in [0, 0.05) is 23.3 Å². The van der Waals surface area contributed by atoms with Gasteiger partial charge in [-0.05, 0) is 65.2 Å². The van der Waals surface area contributed by atoms with Crippen LogP contribution in [0.25, 0.3) is 0 Å². The number of piperidine rings is 1. The zero-order chi connectivity index (χ0) is 20.1. The number of hydrogen-bond donors (Lipinski definition) is 0. The molecule has 1 aromatic carbocycles. The first-order valence-corrected chi connectivity index (χ1v) is 10.0. The van der Waals surface area contributed by atoms with Crippen molar-refractivity contribution >= 4 is 11.6 Å². The number of carbonyl (C=O) groups is 1. The zero-order valence-corrected chi connectivity index (χ0v) is 17.0. The second-order valence-corrected chi connectivity index (χ2v) is 8.71. The molecule has 28 heavy (non-hydrogen) atoms. The maximum atomic E-state index is 13.9. The molecular formula is C22H28FN3O2. The zero-order valence-electron chi connectivity index (χ0n) is 17.0. The molecule has 1 aromatic heterocycles. The van der Waals surface area contributed by atoms with Gasteiger partial charge in [0.05, 0.1) is 24.2 Å². The molecule has 0 bridgehead atoms. The van der Waals surface area contributed by atoms with E-state index in [2.05, 4.69) is 23.9 Å². The first-order valence-electron chi connectivity index (χ1n) is 10.0. The molecule has 2 fully saturated rings. The fraction of sp³-hybridized carbons (Fsp3) is 0.545. The van der Waals surface area contributed by atoms with Crippen LogP contribution in [0.1, 0.15) is 50.1 Å². The van der Waals surface area contributed by atoms with Crippen molar-refractivity contribution in [2.24, 2.45) is 0 Å². The summed E-state index contributed by atoms with van der Waals surface area (Å²) in [5.41, 5.74) is 2.44. The molecule has 6 heteroatoms. The van der Waals surface area contributed by atoms with Crippen molar-refractivity contribution in [3.63, 3.8) is 0 Å². The molecule has 4 rings (SSSR count). The highest BCUT2D eigenvalue weighted by Gasteiger charge is 2.50. The lowest BCUT2D eigenvalue weighted by atomic mass is 9.93. The SMILES string of the molecule is Cc1noc(C)c1CC(=O)N1CCC[C@H]2[C@@H]1CC(C)(C)N2c1cccc(F)c1. The van der Waals surface area contributed by atoms with Gasteiger partial charge in [0.15, 0.2) is 0 Å². The van der Waals surface area contributed by atoms with E-state index in [9.17, 15) is 9.18 Å². The van der Waals surface area contributed by atoms with E-state index in [1.807, 2.05) is 24.8 Å². The number of benzene rings is 1. The van der Waals surface area contributed by atoms with E-state index in [-0.39, 0.29) is 29.3 Å². The summed E-state index contributed by atoms with van der Waals surface area (Å²) < 4.78 is 19.1. The Morgan fingerprint density at radius 3 is 2.79 bits per heavy atom. The largest absolute Gasteiger partial charge is 0.361 e. The summed E-state index contributed by atoms with van der Waals surface area (Å²) in [7, 11) is 0. The summed E-state index contributed by atoms with van der Waals surface area (Å²) in [5.74, 6) is 0.618. The van der Waals surface area contributed by atoms with Gasteiger partial charge in [0.2, 0.25) is 5.91 Å². The van der Waals surface area contributed by atoms with Crippen LogP contribution in [-0.2, 0) is 11.2 Å². The van der Waals surface area contributed by atoms with E-state index >= 15 is 0 Å². The maximum absolute atomic E-state index is 13.9. The number of aryl methyl sites for hydroxylation is 2. The van der Waals surface area contributed by atoms with E-state index in [4.69, 9.17) is 4.52 Å². The number of aromatic nitrogens is 1. The molecule has 2 saturated heterocycles. The van der Waals surface area contributed by atoms with Crippen LogP contribution in [-0.4, -0.2) is 40.1 Å². The lowest BCUT2D eigenvalue weighted by Gasteiger charge is -2.42. The number of amides is 1.